The zero-order valence-corrected chi connectivity index (χ0v) is 20.4. The SMILES string of the molecule is O=C(CCN1C(=O)C=CC1=O)NCCOCCOCCOCCOCCC(=O)O[N+]1(O)C(=O)CCC1=O. The first-order valence-electron chi connectivity index (χ1n) is 11.8. The van der Waals surface area contributed by atoms with E-state index in [0.29, 0.717) is 26.4 Å². The fourth-order valence-corrected chi connectivity index (χ4v) is 3.08. The monoisotopic (exact) mass is 530 g/mol. The van der Waals surface area contributed by atoms with Crippen molar-refractivity contribution < 1.29 is 62.6 Å². The van der Waals surface area contributed by atoms with E-state index in [2.05, 4.69) is 10.2 Å². The van der Waals surface area contributed by atoms with Crippen molar-refractivity contribution in [2.45, 2.75) is 25.7 Å². The van der Waals surface area contributed by atoms with Gasteiger partial charge in [-0.1, -0.05) is 0 Å². The van der Waals surface area contributed by atoms with E-state index in [1.54, 1.807) is 0 Å². The minimum absolute atomic E-state index is 0.0217. The van der Waals surface area contributed by atoms with Gasteiger partial charge in [-0.15, -0.1) is 0 Å². The van der Waals surface area contributed by atoms with Gasteiger partial charge in [0, 0.05) is 31.7 Å². The largest absolute Gasteiger partial charge is 0.397 e. The molecule has 0 atom stereocenters. The Bertz CT molecular complexity index is 841. The number of ether oxygens (including phenoxy) is 4. The molecule has 0 saturated carbocycles. The van der Waals surface area contributed by atoms with Crippen molar-refractivity contribution in [3.05, 3.63) is 12.2 Å². The standard InChI is InChI=1S/C22H31N3O12/c26-17(5-8-24-18(27)1-2-19(24)28)23-7-10-34-12-14-36-16-15-35-13-11-33-9-6-22(31)37-25(32)20(29)3-4-21(25)30/h1-2,32H,3-16H2/p+1. The molecule has 0 spiro atoms. The molecule has 15 nitrogen and oxygen atoms in total. The number of carbonyl (C=O) groups is 6. The first kappa shape index (κ1) is 30.1. The fraction of sp³-hybridized carbons (Fsp3) is 0.636. The van der Waals surface area contributed by atoms with Gasteiger partial charge in [0.15, 0.2) is 0 Å². The van der Waals surface area contributed by atoms with Crippen molar-refractivity contribution in [1.82, 2.24) is 10.2 Å². The van der Waals surface area contributed by atoms with E-state index in [9.17, 15) is 34.0 Å². The first-order chi connectivity index (χ1) is 17.7. The van der Waals surface area contributed by atoms with Gasteiger partial charge in [-0.2, -0.15) is 5.21 Å². The molecule has 0 aliphatic carbocycles. The Labute approximate surface area is 212 Å². The van der Waals surface area contributed by atoms with E-state index in [1.807, 2.05) is 0 Å². The summed E-state index contributed by atoms with van der Waals surface area (Å²) in [6.45, 7) is 2.31. The summed E-state index contributed by atoms with van der Waals surface area (Å²) in [6.07, 6.45) is 1.76. The zero-order chi connectivity index (χ0) is 27.1. The summed E-state index contributed by atoms with van der Waals surface area (Å²) in [5, 5.41) is 12.4. The molecule has 2 heterocycles. The number of nitrogens with one attached hydrogen (secondary N) is 1. The number of carbonyl (C=O) groups excluding carboxylic acids is 6. The van der Waals surface area contributed by atoms with Gasteiger partial charge in [-0.05, 0) is 0 Å². The van der Waals surface area contributed by atoms with E-state index in [1.165, 1.54) is 12.2 Å². The third-order valence-electron chi connectivity index (χ3n) is 5.06. The molecule has 0 unspecified atom stereocenters. The van der Waals surface area contributed by atoms with Crippen LogP contribution in [0.1, 0.15) is 25.7 Å². The summed E-state index contributed by atoms with van der Waals surface area (Å²) in [4.78, 5) is 72.7. The Morgan fingerprint density at radius 2 is 1.27 bits per heavy atom. The molecule has 37 heavy (non-hydrogen) atoms. The molecule has 0 bridgehead atoms. The van der Waals surface area contributed by atoms with Gasteiger partial charge in [-0.25, -0.2) is 19.2 Å². The number of imide groups is 2. The summed E-state index contributed by atoms with van der Waals surface area (Å²) in [5.74, 6) is -3.83. The zero-order valence-electron chi connectivity index (χ0n) is 20.4. The van der Waals surface area contributed by atoms with Gasteiger partial charge in [0.25, 0.3) is 11.8 Å². The molecule has 2 rings (SSSR count). The van der Waals surface area contributed by atoms with Crippen molar-refractivity contribution in [1.29, 1.82) is 0 Å². The van der Waals surface area contributed by atoms with Gasteiger partial charge in [-0.3, -0.25) is 19.3 Å². The van der Waals surface area contributed by atoms with E-state index >= 15 is 0 Å². The van der Waals surface area contributed by atoms with Gasteiger partial charge in [0.1, 0.15) is 4.81 Å². The van der Waals surface area contributed by atoms with Crippen molar-refractivity contribution in [2.24, 2.45) is 0 Å². The Kier molecular flexibility index (Phi) is 13.0. The predicted molar refractivity (Wildman–Crippen MR) is 119 cm³/mol. The van der Waals surface area contributed by atoms with Crippen LogP contribution in [-0.4, -0.2) is 116 Å². The minimum atomic E-state index is -1.94. The highest BCUT2D eigenvalue weighted by molar-refractivity contribution is 6.13. The van der Waals surface area contributed by atoms with Crippen LogP contribution in [0.15, 0.2) is 12.2 Å². The predicted octanol–water partition coefficient (Wildman–Crippen LogP) is -1.61. The third-order valence-corrected chi connectivity index (χ3v) is 5.06. The Morgan fingerprint density at radius 1 is 0.784 bits per heavy atom. The highest BCUT2D eigenvalue weighted by Gasteiger charge is 2.55. The van der Waals surface area contributed by atoms with Crippen molar-refractivity contribution in [3.8, 4) is 0 Å². The number of quaternary nitrogens is 1. The minimum Gasteiger partial charge on any atom is -0.378 e. The van der Waals surface area contributed by atoms with Crippen LogP contribution in [0, 0.1) is 0 Å². The van der Waals surface area contributed by atoms with Gasteiger partial charge in [0.05, 0.1) is 72.1 Å². The summed E-state index contributed by atoms with van der Waals surface area (Å²) >= 11 is 0. The molecule has 206 valence electrons. The molecule has 0 aromatic heterocycles. The number of hydrogen-bond acceptors (Lipinski definition) is 12. The highest BCUT2D eigenvalue weighted by Crippen LogP contribution is 2.20. The van der Waals surface area contributed by atoms with Crippen LogP contribution in [0.5, 0.6) is 0 Å². The number of nitrogens with zero attached hydrogens (tertiary/aromatic N) is 2. The Balaban J connectivity index is 1.31. The summed E-state index contributed by atoms with van der Waals surface area (Å²) in [7, 11) is 0. The molecule has 2 N–H and O–H groups in total. The average molecular weight is 531 g/mol. The molecule has 1 fully saturated rings. The second kappa shape index (κ2) is 15.9. The highest BCUT2D eigenvalue weighted by atomic mass is 17.0. The Morgan fingerprint density at radius 3 is 1.81 bits per heavy atom. The van der Waals surface area contributed by atoms with Crippen molar-refractivity contribution in [2.75, 3.05) is 65.9 Å². The summed E-state index contributed by atoms with van der Waals surface area (Å²) < 4.78 is 21.2. The lowest BCUT2D eigenvalue weighted by Gasteiger charge is -2.15. The number of rotatable bonds is 19. The van der Waals surface area contributed by atoms with Crippen molar-refractivity contribution >= 4 is 35.5 Å². The maximum Gasteiger partial charge on any atom is 0.397 e. The van der Waals surface area contributed by atoms with Gasteiger partial charge in [0.2, 0.25) is 5.91 Å². The normalized spacial score (nSPS) is 16.6. The summed E-state index contributed by atoms with van der Waals surface area (Å²) in [5.41, 5.74) is 0. The number of hydroxylamine groups is 4. The van der Waals surface area contributed by atoms with E-state index < -0.39 is 34.4 Å². The van der Waals surface area contributed by atoms with Crippen LogP contribution in [0.3, 0.4) is 0 Å². The molecule has 0 radical (unpaired) electrons. The van der Waals surface area contributed by atoms with Crippen LogP contribution < -0.4 is 5.32 Å². The van der Waals surface area contributed by atoms with Crippen LogP contribution in [-0.2, 0) is 52.6 Å². The maximum absolute atomic E-state index is 11.7. The first-order valence-corrected chi connectivity index (χ1v) is 11.8. The molecule has 2 aliphatic heterocycles. The van der Waals surface area contributed by atoms with Crippen LogP contribution in [0.4, 0.5) is 0 Å². The second-order valence-electron chi connectivity index (χ2n) is 7.79. The topological polar surface area (TPSA) is 184 Å². The van der Waals surface area contributed by atoms with Crippen LogP contribution >= 0.6 is 0 Å². The lowest BCUT2D eigenvalue weighted by atomic mass is 10.3. The molecule has 1 saturated heterocycles. The van der Waals surface area contributed by atoms with Crippen LogP contribution in [0.25, 0.3) is 0 Å². The average Bonchev–Trinajstić information content (AvgIpc) is 3.31. The molecule has 0 aromatic carbocycles. The molecule has 2 aliphatic rings. The smallest absolute Gasteiger partial charge is 0.378 e. The number of hydrogen-bond donors (Lipinski definition) is 2. The lowest BCUT2D eigenvalue weighted by molar-refractivity contribution is -1.12. The quantitative estimate of drug-likeness (QED) is 0.0844. The Hall–Kier alpha value is -3.08. The van der Waals surface area contributed by atoms with E-state index in [-0.39, 0.29) is 71.1 Å². The fourth-order valence-electron chi connectivity index (χ4n) is 3.08. The third kappa shape index (κ3) is 10.4. The van der Waals surface area contributed by atoms with Crippen molar-refractivity contribution in [3.63, 3.8) is 0 Å². The van der Waals surface area contributed by atoms with Gasteiger partial charge < -0.3 is 24.3 Å². The molecule has 5 amide bonds. The van der Waals surface area contributed by atoms with E-state index in [4.69, 9.17) is 18.9 Å². The molecule has 15 heteroatoms. The second-order valence-corrected chi connectivity index (χ2v) is 7.79. The van der Waals surface area contributed by atoms with E-state index in [0.717, 1.165) is 4.90 Å². The maximum atomic E-state index is 11.7. The number of amides is 5. The van der Waals surface area contributed by atoms with Crippen LogP contribution in [0.2, 0.25) is 0 Å². The molecular weight excluding hydrogens is 498 g/mol. The molecule has 0 aromatic rings. The van der Waals surface area contributed by atoms with Gasteiger partial charge >= 0.3 is 17.8 Å². The lowest BCUT2D eigenvalue weighted by Crippen LogP contribution is -2.50. The summed E-state index contributed by atoms with van der Waals surface area (Å²) in [6, 6.07) is 0. The molecular formula is C22H32N3O12+.